The van der Waals surface area contributed by atoms with E-state index in [4.69, 9.17) is 9.72 Å². The van der Waals surface area contributed by atoms with Gasteiger partial charge in [-0.05, 0) is 50.1 Å². The van der Waals surface area contributed by atoms with Crippen molar-refractivity contribution in [2.75, 3.05) is 24.6 Å². The third kappa shape index (κ3) is 4.66. The molecule has 4 aromatic heterocycles. The quantitative estimate of drug-likeness (QED) is 0.401. The minimum atomic E-state index is -0.987. The van der Waals surface area contributed by atoms with E-state index in [1.54, 1.807) is 36.8 Å². The Kier molecular flexibility index (Phi) is 5.97. The lowest BCUT2D eigenvalue weighted by atomic mass is 9.87. The molecular formula is C28H28FN7O2. The van der Waals surface area contributed by atoms with Crippen LogP contribution in [0.5, 0.6) is 5.75 Å². The van der Waals surface area contributed by atoms with E-state index in [0.29, 0.717) is 35.5 Å². The molecule has 7 rings (SSSR count). The molecule has 3 fully saturated rings. The van der Waals surface area contributed by atoms with Gasteiger partial charge in [0, 0.05) is 55.2 Å². The van der Waals surface area contributed by atoms with E-state index >= 15 is 0 Å². The van der Waals surface area contributed by atoms with E-state index in [9.17, 15) is 14.8 Å². The predicted octanol–water partition coefficient (Wildman–Crippen LogP) is 3.41. The molecule has 10 heteroatoms. The Bertz CT molecular complexity index is 1510. The second-order valence-corrected chi connectivity index (χ2v) is 10.7. The molecule has 3 saturated heterocycles. The number of aliphatic hydroxyl groups is 1. The van der Waals surface area contributed by atoms with Gasteiger partial charge in [0.25, 0.3) is 0 Å². The molecule has 194 valence electrons. The Hall–Kier alpha value is -4.07. The van der Waals surface area contributed by atoms with Gasteiger partial charge in [0.05, 0.1) is 35.3 Å². The van der Waals surface area contributed by atoms with Crippen molar-refractivity contribution in [2.45, 2.75) is 44.5 Å². The third-order valence-corrected chi connectivity index (χ3v) is 7.15. The lowest BCUT2D eigenvalue weighted by Crippen LogP contribution is -2.68. The second kappa shape index (κ2) is 9.35. The highest BCUT2D eigenvalue weighted by Crippen LogP contribution is 2.36. The van der Waals surface area contributed by atoms with Crippen LogP contribution in [0.2, 0.25) is 0 Å². The molecule has 0 saturated carbocycles. The van der Waals surface area contributed by atoms with Crippen LogP contribution in [0.15, 0.2) is 55.2 Å². The van der Waals surface area contributed by atoms with Crippen LogP contribution in [0.25, 0.3) is 16.6 Å². The van der Waals surface area contributed by atoms with Crippen LogP contribution >= 0.6 is 0 Å². The summed E-state index contributed by atoms with van der Waals surface area (Å²) in [7, 11) is 0. The van der Waals surface area contributed by atoms with E-state index in [-0.39, 0.29) is 12.4 Å². The molecule has 7 heterocycles. The van der Waals surface area contributed by atoms with Crippen molar-refractivity contribution in [1.82, 2.24) is 24.5 Å². The fourth-order valence-electron chi connectivity index (χ4n) is 5.36. The molecule has 9 nitrogen and oxygen atoms in total. The number of fused-ring (bicyclic) bond motifs is 3. The molecule has 3 aliphatic heterocycles. The van der Waals surface area contributed by atoms with Crippen LogP contribution in [0.3, 0.4) is 0 Å². The zero-order chi connectivity index (χ0) is 26.4. The zero-order valence-corrected chi connectivity index (χ0v) is 21.3. The highest BCUT2D eigenvalue weighted by molar-refractivity contribution is 5.85. The van der Waals surface area contributed by atoms with Crippen LogP contribution < -0.4 is 9.64 Å². The van der Waals surface area contributed by atoms with Crippen molar-refractivity contribution in [1.29, 1.82) is 5.26 Å². The molecule has 2 atom stereocenters. The first kappa shape index (κ1) is 24.3. The lowest BCUT2D eigenvalue weighted by molar-refractivity contribution is -0.00882. The number of halogens is 1. The molecule has 4 aromatic rings. The van der Waals surface area contributed by atoms with Crippen molar-refractivity contribution in [2.24, 2.45) is 0 Å². The number of anilines is 1. The molecule has 0 amide bonds. The molecule has 3 aliphatic rings. The van der Waals surface area contributed by atoms with Gasteiger partial charge in [-0.2, -0.15) is 10.4 Å². The standard InChI is InChI=1S/C28H28FN7O2/c1-28(2,37)17-38-24-7-25(27-20(8-30)11-33-36(27)16-24)19-3-4-26(32-10-19)34-14-22-6-23(15-34)35(22)13-18-5-21(29)12-31-9-18/h3-5,7,9-12,16,22-23,37H,6,13-15,17H2,1-2H3. The zero-order valence-electron chi connectivity index (χ0n) is 21.3. The molecule has 38 heavy (non-hydrogen) atoms. The van der Waals surface area contributed by atoms with Gasteiger partial charge in [0.2, 0.25) is 0 Å². The van der Waals surface area contributed by atoms with Crippen LogP contribution in [0, 0.1) is 17.1 Å². The Morgan fingerprint density at radius 2 is 1.97 bits per heavy atom. The molecule has 0 spiro atoms. The number of piperidine rings is 1. The highest BCUT2D eigenvalue weighted by atomic mass is 19.1. The number of hydrogen-bond donors (Lipinski definition) is 1. The monoisotopic (exact) mass is 513 g/mol. The van der Waals surface area contributed by atoms with E-state index in [2.05, 4.69) is 26.0 Å². The van der Waals surface area contributed by atoms with Gasteiger partial charge in [-0.3, -0.25) is 9.88 Å². The third-order valence-electron chi connectivity index (χ3n) is 7.15. The average molecular weight is 514 g/mol. The maximum Gasteiger partial charge on any atom is 0.141 e. The van der Waals surface area contributed by atoms with E-state index in [1.165, 1.54) is 12.4 Å². The van der Waals surface area contributed by atoms with E-state index < -0.39 is 5.60 Å². The number of rotatable bonds is 7. The highest BCUT2D eigenvalue weighted by Gasteiger charge is 2.44. The predicted molar refractivity (Wildman–Crippen MR) is 139 cm³/mol. The number of nitriles is 1. The van der Waals surface area contributed by atoms with Crippen molar-refractivity contribution in [3.63, 3.8) is 0 Å². The van der Waals surface area contributed by atoms with Crippen LogP contribution in [-0.2, 0) is 6.54 Å². The van der Waals surface area contributed by atoms with Gasteiger partial charge < -0.3 is 14.7 Å². The summed E-state index contributed by atoms with van der Waals surface area (Å²) in [4.78, 5) is 13.5. The average Bonchev–Trinajstić information content (AvgIpc) is 3.33. The van der Waals surface area contributed by atoms with Crippen molar-refractivity contribution >= 4 is 11.3 Å². The molecule has 0 aliphatic carbocycles. The summed E-state index contributed by atoms with van der Waals surface area (Å²) in [6.45, 7) is 5.90. The Morgan fingerprint density at radius 3 is 2.66 bits per heavy atom. The Labute approximate surface area is 219 Å². The summed E-state index contributed by atoms with van der Waals surface area (Å²) in [5.41, 5.74) is 2.67. The largest absolute Gasteiger partial charge is 0.489 e. The smallest absolute Gasteiger partial charge is 0.141 e. The number of nitrogens with zero attached hydrogens (tertiary/aromatic N) is 7. The van der Waals surface area contributed by atoms with Crippen molar-refractivity contribution < 1.29 is 14.2 Å². The molecular weight excluding hydrogens is 485 g/mol. The molecule has 1 N–H and O–H groups in total. The summed E-state index contributed by atoms with van der Waals surface area (Å²) in [5.74, 6) is 1.13. The van der Waals surface area contributed by atoms with Crippen molar-refractivity contribution in [3.05, 3.63) is 72.2 Å². The number of pyridine rings is 3. The van der Waals surface area contributed by atoms with Gasteiger partial charge in [-0.25, -0.2) is 13.9 Å². The first-order chi connectivity index (χ1) is 18.3. The normalized spacial score (nSPS) is 19.3. The molecule has 0 radical (unpaired) electrons. The summed E-state index contributed by atoms with van der Waals surface area (Å²) in [6, 6.07) is 10.4. The fourth-order valence-corrected chi connectivity index (χ4v) is 5.36. The summed E-state index contributed by atoms with van der Waals surface area (Å²) in [5, 5.41) is 24.0. The number of ether oxygens (including phenoxy) is 1. The Morgan fingerprint density at radius 1 is 1.16 bits per heavy atom. The first-order valence-corrected chi connectivity index (χ1v) is 12.6. The van der Waals surface area contributed by atoms with Gasteiger partial charge in [-0.1, -0.05) is 0 Å². The van der Waals surface area contributed by atoms with E-state index in [1.807, 2.05) is 24.4 Å². The number of aromatic nitrogens is 4. The SMILES string of the molecule is CC(C)(O)COc1cc(-c2ccc(N3CC4CC(C3)N4Cc3cncc(F)c3)nc2)c2c(C#N)cnn2c1. The van der Waals surface area contributed by atoms with Gasteiger partial charge in [0.15, 0.2) is 0 Å². The molecule has 0 aromatic carbocycles. The summed E-state index contributed by atoms with van der Waals surface area (Å²) in [6.07, 6.45) is 9.15. The maximum absolute atomic E-state index is 13.6. The minimum Gasteiger partial charge on any atom is -0.489 e. The van der Waals surface area contributed by atoms with Crippen LogP contribution in [-0.4, -0.2) is 67.0 Å². The number of hydrogen-bond acceptors (Lipinski definition) is 8. The fraction of sp³-hybridized carbons (Fsp3) is 0.357. The summed E-state index contributed by atoms with van der Waals surface area (Å²) < 4.78 is 21.0. The topological polar surface area (TPSA) is 103 Å². The van der Waals surface area contributed by atoms with Crippen LogP contribution in [0.1, 0.15) is 31.4 Å². The Balaban J connectivity index is 1.21. The van der Waals surface area contributed by atoms with E-state index in [0.717, 1.165) is 42.0 Å². The lowest BCUT2D eigenvalue weighted by Gasteiger charge is -2.56. The van der Waals surface area contributed by atoms with Crippen molar-refractivity contribution in [3.8, 4) is 22.9 Å². The van der Waals surface area contributed by atoms with Crippen LogP contribution in [0.4, 0.5) is 10.2 Å². The maximum atomic E-state index is 13.6. The van der Waals surface area contributed by atoms with Gasteiger partial charge in [0.1, 0.15) is 30.1 Å². The van der Waals surface area contributed by atoms with Gasteiger partial charge >= 0.3 is 0 Å². The number of piperazine rings is 1. The second-order valence-electron chi connectivity index (χ2n) is 10.7. The summed E-state index contributed by atoms with van der Waals surface area (Å²) >= 11 is 0. The van der Waals surface area contributed by atoms with Gasteiger partial charge in [-0.15, -0.1) is 0 Å². The minimum absolute atomic E-state index is 0.117. The first-order valence-electron chi connectivity index (χ1n) is 12.6. The molecule has 2 bridgehead atoms. The molecule has 2 unspecified atom stereocenters.